The van der Waals surface area contributed by atoms with Gasteiger partial charge in [0.15, 0.2) is 11.5 Å². The van der Waals surface area contributed by atoms with Gasteiger partial charge in [-0.2, -0.15) is 4.98 Å². The Kier molecular flexibility index (Phi) is 3.17. The normalized spacial score (nSPS) is 22.5. The van der Waals surface area contributed by atoms with Gasteiger partial charge in [0, 0.05) is 30.3 Å². The molecule has 2 aromatic heterocycles. The van der Waals surface area contributed by atoms with Crippen molar-refractivity contribution in [3.63, 3.8) is 0 Å². The summed E-state index contributed by atoms with van der Waals surface area (Å²) in [4.78, 5) is 18.7. The topological polar surface area (TPSA) is 85.0 Å². The summed E-state index contributed by atoms with van der Waals surface area (Å²) in [5.41, 5.74) is 0.424. The van der Waals surface area contributed by atoms with Crippen LogP contribution in [0.1, 0.15) is 59.7 Å². The minimum atomic E-state index is -0.0561. The van der Waals surface area contributed by atoms with Gasteiger partial charge in [0.25, 0.3) is 5.91 Å². The summed E-state index contributed by atoms with van der Waals surface area (Å²) in [5.74, 6) is 2.07. The highest BCUT2D eigenvalue weighted by molar-refractivity contribution is 7.03. The van der Waals surface area contributed by atoms with Crippen molar-refractivity contribution >= 4 is 17.4 Å². The number of piperidine rings is 1. The van der Waals surface area contributed by atoms with E-state index in [0.717, 1.165) is 43.9 Å². The highest BCUT2D eigenvalue weighted by Crippen LogP contribution is 2.39. The highest BCUT2D eigenvalue weighted by Gasteiger charge is 2.33. The van der Waals surface area contributed by atoms with E-state index in [1.807, 2.05) is 4.90 Å². The van der Waals surface area contributed by atoms with Gasteiger partial charge in [-0.05, 0) is 37.2 Å². The first kappa shape index (κ1) is 12.9. The van der Waals surface area contributed by atoms with Crippen LogP contribution in [-0.2, 0) is 0 Å². The van der Waals surface area contributed by atoms with Crippen LogP contribution in [0.3, 0.4) is 0 Å². The highest BCUT2D eigenvalue weighted by atomic mass is 32.1. The Morgan fingerprint density at radius 1 is 1.33 bits per heavy atom. The molecule has 3 heterocycles. The summed E-state index contributed by atoms with van der Waals surface area (Å²) in [5, 5.41) is 9.65. The Hall–Kier alpha value is -1.83. The van der Waals surface area contributed by atoms with Crippen molar-refractivity contribution in [2.75, 3.05) is 13.1 Å². The Labute approximate surface area is 125 Å². The first-order chi connectivity index (χ1) is 10.3. The molecule has 21 heavy (non-hydrogen) atoms. The lowest BCUT2D eigenvalue weighted by molar-refractivity contribution is 0.0697. The maximum absolute atomic E-state index is 12.3. The molecule has 8 heteroatoms. The van der Waals surface area contributed by atoms with Gasteiger partial charge in [-0.15, -0.1) is 5.10 Å². The average molecular weight is 305 g/mol. The van der Waals surface area contributed by atoms with E-state index in [4.69, 9.17) is 4.52 Å². The molecule has 110 valence electrons. The van der Waals surface area contributed by atoms with Gasteiger partial charge in [0.2, 0.25) is 5.89 Å². The predicted octanol–water partition coefficient (Wildman–Crippen LogP) is 1.82. The zero-order valence-corrected chi connectivity index (χ0v) is 12.3. The van der Waals surface area contributed by atoms with Crippen molar-refractivity contribution in [2.45, 2.75) is 37.5 Å². The van der Waals surface area contributed by atoms with E-state index in [9.17, 15) is 4.79 Å². The maximum Gasteiger partial charge on any atom is 0.275 e. The summed E-state index contributed by atoms with van der Waals surface area (Å²) >= 11 is 1.19. The molecule has 0 N–H and O–H groups in total. The Morgan fingerprint density at radius 3 is 3.00 bits per heavy atom. The number of hydrogen-bond donors (Lipinski definition) is 0. The third-order valence-corrected chi connectivity index (χ3v) is 4.54. The molecule has 1 unspecified atom stereocenters. The van der Waals surface area contributed by atoms with Crippen LogP contribution in [0.25, 0.3) is 0 Å². The van der Waals surface area contributed by atoms with Gasteiger partial charge in [-0.3, -0.25) is 4.79 Å². The summed E-state index contributed by atoms with van der Waals surface area (Å²) in [6.45, 7) is 1.38. The van der Waals surface area contributed by atoms with Gasteiger partial charge in [-0.1, -0.05) is 9.64 Å². The van der Waals surface area contributed by atoms with Crippen LogP contribution in [-0.4, -0.2) is 43.6 Å². The van der Waals surface area contributed by atoms with E-state index >= 15 is 0 Å². The van der Waals surface area contributed by atoms with Gasteiger partial charge < -0.3 is 9.42 Å². The summed E-state index contributed by atoms with van der Waals surface area (Å²) < 4.78 is 9.07. The number of amides is 1. The van der Waals surface area contributed by atoms with Crippen LogP contribution in [0.4, 0.5) is 0 Å². The number of aromatic nitrogens is 4. The zero-order valence-electron chi connectivity index (χ0n) is 11.4. The fraction of sp³-hybridized carbons (Fsp3) is 0.615. The molecule has 1 amide bonds. The fourth-order valence-electron chi connectivity index (χ4n) is 2.70. The van der Waals surface area contributed by atoms with Crippen LogP contribution in [0, 0.1) is 0 Å². The van der Waals surface area contributed by atoms with Gasteiger partial charge in [-0.25, -0.2) is 0 Å². The van der Waals surface area contributed by atoms with Gasteiger partial charge in [0.05, 0.1) is 0 Å². The summed E-state index contributed by atoms with van der Waals surface area (Å²) in [7, 11) is 0. The molecular formula is C13H15N5O2S. The maximum atomic E-state index is 12.3. The van der Waals surface area contributed by atoms with Crippen molar-refractivity contribution in [1.82, 2.24) is 24.6 Å². The third kappa shape index (κ3) is 2.55. The quantitative estimate of drug-likeness (QED) is 0.860. The first-order valence-electron chi connectivity index (χ1n) is 7.21. The number of rotatable bonds is 3. The Bertz CT molecular complexity index is 637. The molecular weight excluding hydrogens is 290 g/mol. The average Bonchev–Trinajstić information content (AvgIpc) is 3.05. The van der Waals surface area contributed by atoms with Gasteiger partial charge >= 0.3 is 0 Å². The van der Waals surface area contributed by atoms with Crippen LogP contribution in [0.15, 0.2) is 9.90 Å². The van der Waals surface area contributed by atoms with E-state index in [0.29, 0.717) is 18.2 Å². The van der Waals surface area contributed by atoms with Crippen LogP contribution in [0.2, 0.25) is 0 Å². The molecule has 1 atom stereocenters. The zero-order chi connectivity index (χ0) is 14.2. The lowest BCUT2D eigenvalue weighted by Gasteiger charge is -2.30. The lowest BCUT2D eigenvalue weighted by atomic mass is 9.97. The standard InChI is InChI=1S/C13H15N5O2S/c19-13(10-7-21-17-15-10)18-5-1-2-9(6-18)11-14-12(20-16-11)8-3-4-8/h7-9H,1-6H2. The first-order valence-corrected chi connectivity index (χ1v) is 8.05. The van der Waals surface area contributed by atoms with Crippen LogP contribution in [0.5, 0.6) is 0 Å². The van der Waals surface area contributed by atoms with Crippen LogP contribution < -0.4 is 0 Å². The van der Waals surface area contributed by atoms with E-state index in [1.165, 1.54) is 11.5 Å². The Morgan fingerprint density at radius 2 is 2.24 bits per heavy atom. The van der Waals surface area contributed by atoms with Crippen molar-refractivity contribution in [3.05, 3.63) is 22.8 Å². The molecule has 2 aromatic rings. The van der Waals surface area contributed by atoms with Crippen molar-refractivity contribution in [3.8, 4) is 0 Å². The molecule has 1 saturated heterocycles. The second-order valence-electron chi connectivity index (χ2n) is 5.65. The number of carbonyl (C=O) groups excluding carboxylic acids is 1. The molecule has 0 radical (unpaired) electrons. The number of likely N-dealkylation sites (tertiary alicyclic amines) is 1. The molecule has 0 spiro atoms. The number of carbonyl (C=O) groups is 1. The lowest BCUT2D eigenvalue weighted by Crippen LogP contribution is -2.39. The molecule has 4 rings (SSSR count). The van der Waals surface area contributed by atoms with E-state index in [1.54, 1.807) is 5.38 Å². The summed E-state index contributed by atoms with van der Waals surface area (Å²) in [6.07, 6.45) is 4.23. The molecule has 0 aromatic carbocycles. The monoisotopic (exact) mass is 305 g/mol. The fourth-order valence-corrected chi connectivity index (χ4v) is 3.13. The molecule has 2 fully saturated rings. The van der Waals surface area contributed by atoms with Crippen LogP contribution >= 0.6 is 11.5 Å². The molecule has 2 aliphatic rings. The summed E-state index contributed by atoms with van der Waals surface area (Å²) in [6, 6.07) is 0. The Balaban J connectivity index is 1.48. The number of hydrogen-bond acceptors (Lipinski definition) is 7. The molecule has 1 saturated carbocycles. The molecule has 7 nitrogen and oxygen atoms in total. The minimum absolute atomic E-state index is 0.0561. The molecule has 1 aliphatic carbocycles. The second-order valence-corrected chi connectivity index (χ2v) is 6.26. The second kappa shape index (κ2) is 5.18. The largest absolute Gasteiger partial charge is 0.339 e. The van der Waals surface area contributed by atoms with Crippen molar-refractivity contribution < 1.29 is 9.32 Å². The van der Waals surface area contributed by atoms with Crippen molar-refractivity contribution in [1.29, 1.82) is 0 Å². The SMILES string of the molecule is O=C(c1csnn1)N1CCCC(c2noc(C3CC3)n2)C1. The molecule has 0 bridgehead atoms. The third-order valence-electron chi connectivity index (χ3n) is 4.04. The van der Waals surface area contributed by atoms with Gasteiger partial charge in [0.1, 0.15) is 0 Å². The molecule has 1 aliphatic heterocycles. The van der Waals surface area contributed by atoms with E-state index in [2.05, 4.69) is 19.7 Å². The smallest absolute Gasteiger partial charge is 0.275 e. The number of nitrogens with zero attached hydrogens (tertiary/aromatic N) is 5. The van der Waals surface area contributed by atoms with E-state index in [-0.39, 0.29) is 11.8 Å². The predicted molar refractivity (Wildman–Crippen MR) is 74.1 cm³/mol. The van der Waals surface area contributed by atoms with E-state index < -0.39 is 0 Å². The minimum Gasteiger partial charge on any atom is -0.339 e. The van der Waals surface area contributed by atoms with Crippen molar-refractivity contribution in [2.24, 2.45) is 0 Å².